The Morgan fingerprint density at radius 2 is 2.07 bits per heavy atom. The topological polar surface area (TPSA) is 63.7 Å². The fraction of sp³-hybridized carbons (Fsp3) is 0.545. The number of nitrogens with zero attached hydrogens (tertiary/aromatic N) is 2. The Balaban J connectivity index is 1.43. The smallest absolute Gasteiger partial charge is 0.211 e. The van der Waals surface area contributed by atoms with Crippen LogP contribution in [0.4, 0.5) is 0 Å². The van der Waals surface area contributed by atoms with E-state index >= 15 is 0 Å². The van der Waals surface area contributed by atoms with Crippen LogP contribution < -0.4 is 10.1 Å². The van der Waals surface area contributed by atoms with Crippen molar-refractivity contribution in [3.05, 3.63) is 36.0 Å². The van der Waals surface area contributed by atoms with E-state index in [4.69, 9.17) is 9.47 Å². The molecule has 0 radical (unpaired) electrons. The van der Waals surface area contributed by atoms with E-state index in [1.54, 1.807) is 6.07 Å². The van der Waals surface area contributed by atoms with Crippen molar-refractivity contribution in [2.45, 2.75) is 44.9 Å². The van der Waals surface area contributed by atoms with Crippen LogP contribution >= 0.6 is 0 Å². The number of rotatable bonds is 5. The first kappa shape index (κ1) is 19.3. The summed E-state index contributed by atoms with van der Waals surface area (Å²) in [6.45, 7) is 8.54. The molecule has 0 bridgehead atoms. The zero-order valence-corrected chi connectivity index (χ0v) is 16.7. The van der Waals surface area contributed by atoms with Crippen LogP contribution in [0.1, 0.15) is 37.2 Å². The number of hydrogen-bond donors (Lipinski definition) is 1. The number of fused-ring (bicyclic) bond motifs is 1. The molecule has 1 aromatic carbocycles. The second-order valence-corrected chi connectivity index (χ2v) is 7.93. The third-order valence-electron chi connectivity index (χ3n) is 5.64. The number of aromatic nitrogens is 1. The molecule has 2 saturated heterocycles. The van der Waals surface area contributed by atoms with Crippen molar-refractivity contribution in [1.82, 2.24) is 15.2 Å². The number of pyridine rings is 1. The van der Waals surface area contributed by atoms with Crippen LogP contribution in [0.5, 0.6) is 5.75 Å². The van der Waals surface area contributed by atoms with E-state index in [1.165, 1.54) is 0 Å². The number of ether oxygens (including phenoxy) is 2. The molecule has 2 fully saturated rings. The number of piperidine rings is 1. The van der Waals surface area contributed by atoms with Gasteiger partial charge in [-0.15, -0.1) is 0 Å². The molecule has 0 spiro atoms. The first-order chi connectivity index (χ1) is 13.6. The molecular weight excluding hydrogens is 354 g/mol. The number of hydrogen-bond acceptors (Lipinski definition) is 6. The second kappa shape index (κ2) is 8.55. The van der Waals surface area contributed by atoms with E-state index in [0.29, 0.717) is 24.9 Å². The van der Waals surface area contributed by atoms with Gasteiger partial charge in [-0.05, 0) is 51.0 Å². The average molecular weight is 383 g/mol. The molecule has 1 atom stereocenters. The molecule has 1 unspecified atom stereocenters. The van der Waals surface area contributed by atoms with Gasteiger partial charge < -0.3 is 19.7 Å². The fourth-order valence-corrected chi connectivity index (χ4v) is 3.92. The van der Waals surface area contributed by atoms with Crippen molar-refractivity contribution >= 4 is 16.7 Å². The average Bonchev–Trinajstić information content (AvgIpc) is 2.74. The van der Waals surface area contributed by atoms with E-state index in [1.807, 2.05) is 24.3 Å². The molecule has 3 heterocycles. The molecule has 1 N–H and O–H groups in total. The SMILES string of the molecule is CC(C)N1CCC(Oc2ccc3nc(C(=O)C4CNCCO4)ccc3c2)CC1. The summed E-state index contributed by atoms with van der Waals surface area (Å²) in [4.78, 5) is 19.6. The lowest BCUT2D eigenvalue weighted by Crippen LogP contribution is -2.43. The molecule has 0 aliphatic carbocycles. The van der Waals surface area contributed by atoms with Gasteiger partial charge in [0.25, 0.3) is 0 Å². The van der Waals surface area contributed by atoms with E-state index in [-0.39, 0.29) is 11.9 Å². The Morgan fingerprint density at radius 1 is 1.25 bits per heavy atom. The van der Waals surface area contributed by atoms with Gasteiger partial charge in [0, 0.05) is 37.6 Å². The summed E-state index contributed by atoms with van der Waals surface area (Å²) in [5.41, 5.74) is 1.26. The summed E-state index contributed by atoms with van der Waals surface area (Å²) >= 11 is 0. The lowest BCUT2D eigenvalue weighted by molar-refractivity contribution is 0.0266. The predicted octanol–water partition coefficient (Wildman–Crippen LogP) is 2.66. The predicted molar refractivity (Wildman–Crippen MR) is 109 cm³/mol. The van der Waals surface area contributed by atoms with E-state index in [9.17, 15) is 4.79 Å². The zero-order valence-electron chi connectivity index (χ0n) is 16.7. The van der Waals surface area contributed by atoms with Crippen molar-refractivity contribution in [3.63, 3.8) is 0 Å². The summed E-state index contributed by atoms with van der Waals surface area (Å²) in [7, 11) is 0. The summed E-state index contributed by atoms with van der Waals surface area (Å²) in [5.74, 6) is 0.808. The van der Waals surface area contributed by atoms with Gasteiger partial charge in [-0.25, -0.2) is 4.98 Å². The van der Waals surface area contributed by atoms with E-state index in [0.717, 1.165) is 49.1 Å². The minimum atomic E-state index is -0.446. The van der Waals surface area contributed by atoms with Crippen LogP contribution in [0.15, 0.2) is 30.3 Å². The van der Waals surface area contributed by atoms with Crippen LogP contribution in [0.3, 0.4) is 0 Å². The number of Topliss-reactive ketones (excluding diaryl/α,β-unsaturated/α-hetero) is 1. The number of nitrogens with one attached hydrogen (secondary N) is 1. The van der Waals surface area contributed by atoms with E-state index in [2.05, 4.69) is 29.0 Å². The molecule has 28 heavy (non-hydrogen) atoms. The third-order valence-corrected chi connectivity index (χ3v) is 5.64. The van der Waals surface area contributed by atoms with Crippen molar-refractivity contribution < 1.29 is 14.3 Å². The first-order valence-corrected chi connectivity index (χ1v) is 10.3. The maximum atomic E-state index is 12.6. The highest BCUT2D eigenvalue weighted by molar-refractivity contribution is 5.99. The van der Waals surface area contributed by atoms with Gasteiger partial charge >= 0.3 is 0 Å². The Labute approximate surface area is 166 Å². The first-order valence-electron chi connectivity index (χ1n) is 10.3. The van der Waals surface area contributed by atoms with E-state index < -0.39 is 6.10 Å². The Kier molecular flexibility index (Phi) is 5.90. The van der Waals surface area contributed by atoms with Crippen LogP contribution in [0.25, 0.3) is 10.9 Å². The third kappa shape index (κ3) is 4.35. The summed E-state index contributed by atoms with van der Waals surface area (Å²) in [6, 6.07) is 10.2. The second-order valence-electron chi connectivity index (χ2n) is 7.93. The maximum Gasteiger partial charge on any atom is 0.211 e. The number of likely N-dealkylation sites (tertiary alicyclic amines) is 1. The Bertz CT molecular complexity index is 825. The molecule has 2 aliphatic heterocycles. The molecule has 150 valence electrons. The Hall–Kier alpha value is -2.02. The lowest BCUT2D eigenvalue weighted by atomic mass is 10.1. The van der Waals surface area contributed by atoms with Crippen LogP contribution in [-0.2, 0) is 4.74 Å². The molecule has 2 aliphatic rings. The van der Waals surface area contributed by atoms with Crippen molar-refractivity contribution in [1.29, 1.82) is 0 Å². The van der Waals surface area contributed by atoms with Crippen LogP contribution in [0, 0.1) is 0 Å². The molecule has 6 nitrogen and oxygen atoms in total. The number of carbonyl (C=O) groups excluding carboxylic acids is 1. The number of carbonyl (C=O) groups is 1. The molecule has 4 rings (SSSR count). The highest BCUT2D eigenvalue weighted by Crippen LogP contribution is 2.24. The van der Waals surface area contributed by atoms with Gasteiger partial charge in [0.15, 0.2) is 0 Å². The van der Waals surface area contributed by atoms with Crippen molar-refractivity contribution in [2.24, 2.45) is 0 Å². The van der Waals surface area contributed by atoms with Gasteiger partial charge in [-0.1, -0.05) is 6.07 Å². The Morgan fingerprint density at radius 3 is 2.79 bits per heavy atom. The van der Waals surface area contributed by atoms with Gasteiger partial charge in [0.05, 0.1) is 12.1 Å². The standard InChI is InChI=1S/C22H29N3O3/c1-15(2)25-10-7-17(8-11-25)28-18-4-6-19-16(13-18)3-5-20(24-19)22(26)21-14-23-9-12-27-21/h3-6,13,15,17,21,23H,7-12,14H2,1-2H3. The molecule has 1 aromatic heterocycles. The fourth-order valence-electron chi connectivity index (χ4n) is 3.92. The molecular formula is C22H29N3O3. The number of ketones is 1. The molecule has 6 heteroatoms. The number of benzene rings is 1. The van der Waals surface area contributed by atoms with Crippen molar-refractivity contribution in [3.8, 4) is 5.75 Å². The largest absolute Gasteiger partial charge is 0.490 e. The van der Waals surface area contributed by atoms with Gasteiger partial charge in [0.1, 0.15) is 23.7 Å². The molecule has 0 saturated carbocycles. The van der Waals surface area contributed by atoms with Gasteiger partial charge in [0.2, 0.25) is 5.78 Å². The number of morpholine rings is 1. The maximum absolute atomic E-state index is 12.6. The van der Waals surface area contributed by atoms with Crippen LogP contribution in [-0.4, -0.2) is 66.7 Å². The van der Waals surface area contributed by atoms with Gasteiger partial charge in [-0.3, -0.25) is 4.79 Å². The highest BCUT2D eigenvalue weighted by Gasteiger charge is 2.25. The summed E-state index contributed by atoms with van der Waals surface area (Å²) in [5, 5.41) is 4.17. The minimum Gasteiger partial charge on any atom is -0.490 e. The highest BCUT2D eigenvalue weighted by atomic mass is 16.5. The van der Waals surface area contributed by atoms with Crippen LogP contribution in [0.2, 0.25) is 0 Å². The van der Waals surface area contributed by atoms with Crippen molar-refractivity contribution in [2.75, 3.05) is 32.8 Å². The molecule has 2 aromatic rings. The lowest BCUT2D eigenvalue weighted by Gasteiger charge is -2.34. The molecule has 0 amide bonds. The zero-order chi connectivity index (χ0) is 19.5. The minimum absolute atomic E-state index is 0.0636. The van der Waals surface area contributed by atoms with Gasteiger partial charge in [-0.2, -0.15) is 0 Å². The normalized spacial score (nSPS) is 21.9. The summed E-state index contributed by atoms with van der Waals surface area (Å²) in [6.07, 6.45) is 1.92. The monoisotopic (exact) mass is 383 g/mol. The quantitative estimate of drug-likeness (QED) is 0.801. The summed E-state index contributed by atoms with van der Waals surface area (Å²) < 4.78 is 11.8.